The molecule has 1 aliphatic rings. The van der Waals surface area contributed by atoms with E-state index in [-0.39, 0.29) is 6.03 Å². The molecule has 2 N–H and O–H groups in total. The number of urea groups is 1. The van der Waals surface area contributed by atoms with E-state index in [0.717, 1.165) is 25.0 Å². The standard InChI is InChI=1S/C21H26N2O2/c24-21(22-13-5-8-17-6-2-1-3-7-17)23-14-15-25-20-12-11-18-9-4-10-19(18)16-20/h1-3,6-7,11-12,16H,4-5,8-10,13-15H2,(H2,22,23,24). The Labute approximate surface area is 149 Å². The summed E-state index contributed by atoms with van der Waals surface area (Å²) >= 11 is 0. The third kappa shape index (κ3) is 5.52. The second-order valence-corrected chi connectivity index (χ2v) is 6.40. The monoisotopic (exact) mass is 338 g/mol. The van der Waals surface area contributed by atoms with Crippen molar-refractivity contribution in [2.45, 2.75) is 32.1 Å². The van der Waals surface area contributed by atoms with Gasteiger partial charge in [0.25, 0.3) is 0 Å². The average molecular weight is 338 g/mol. The van der Waals surface area contributed by atoms with E-state index in [1.165, 1.54) is 29.5 Å². The summed E-state index contributed by atoms with van der Waals surface area (Å²) in [5.41, 5.74) is 4.15. The van der Waals surface area contributed by atoms with Gasteiger partial charge in [-0.05, 0) is 60.9 Å². The minimum Gasteiger partial charge on any atom is -0.492 e. The first-order valence-corrected chi connectivity index (χ1v) is 9.11. The molecule has 4 nitrogen and oxygen atoms in total. The molecule has 0 saturated heterocycles. The summed E-state index contributed by atoms with van der Waals surface area (Å²) in [4.78, 5) is 11.7. The molecule has 0 atom stereocenters. The molecule has 25 heavy (non-hydrogen) atoms. The zero-order valence-corrected chi connectivity index (χ0v) is 14.6. The van der Waals surface area contributed by atoms with Crippen molar-refractivity contribution >= 4 is 6.03 Å². The van der Waals surface area contributed by atoms with Crippen molar-refractivity contribution < 1.29 is 9.53 Å². The molecular weight excluding hydrogens is 312 g/mol. The van der Waals surface area contributed by atoms with Crippen LogP contribution in [0.1, 0.15) is 29.5 Å². The van der Waals surface area contributed by atoms with Gasteiger partial charge in [-0.2, -0.15) is 0 Å². The van der Waals surface area contributed by atoms with Crippen LogP contribution in [0.3, 0.4) is 0 Å². The van der Waals surface area contributed by atoms with Gasteiger partial charge >= 0.3 is 6.03 Å². The van der Waals surface area contributed by atoms with E-state index >= 15 is 0 Å². The van der Waals surface area contributed by atoms with Crippen LogP contribution in [0.4, 0.5) is 4.79 Å². The van der Waals surface area contributed by atoms with Crippen LogP contribution in [0.15, 0.2) is 48.5 Å². The third-order valence-electron chi connectivity index (χ3n) is 4.50. The summed E-state index contributed by atoms with van der Waals surface area (Å²) in [6.45, 7) is 1.66. The zero-order valence-electron chi connectivity index (χ0n) is 14.6. The van der Waals surface area contributed by atoms with Gasteiger partial charge in [0.2, 0.25) is 0 Å². The maximum atomic E-state index is 11.7. The van der Waals surface area contributed by atoms with Gasteiger partial charge in [0.15, 0.2) is 0 Å². The molecule has 3 rings (SSSR count). The van der Waals surface area contributed by atoms with Crippen LogP contribution >= 0.6 is 0 Å². The van der Waals surface area contributed by atoms with Crippen molar-refractivity contribution in [3.63, 3.8) is 0 Å². The number of hydrogen-bond acceptors (Lipinski definition) is 2. The molecule has 0 unspecified atom stereocenters. The van der Waals surface area contributed by atoms with E-state index in [0.29, 0.717) is 19.7 Å². The molecule has 2 aromatic rings. The molecule has 0 radical (unpaired) electrons. The van der Waals surface area contributed by atoms with E-state index < -0.39 is 0 Å². The van der Waals surface area contributed by atoms with Crippen LogP contribution in [0.25, 0.3) is 0 Å². The van der Waals surface area contributed by atoms with E-state index in [1.807, 2.05) is 24.3 Å². The molecule has 132 valence electrons. The summed E-state index contributed by atoms with van der Waals surface area (Å²) in [7, 11) is 0. The fourth-order valence-electron chi connectivity index (χ4n) is 3.17. The lowest BCUT2D eigenvalue weighted by Gasteiger charge is -2.10. The number of carbonyl (C=O) groups excluding carboxylic acids is 1. The Morgan fingerprint density at radius 3 is 2.64 bits per heavy atom. The second kappa shape index (κ2) is 9.11. The molecule has 1 aliphatic carbocycles. The fourth-order valence-corrected chi connectivity index (χ4v) is 3.17. The van der Waals surface area contributed by atoms with Gasteiger partial charge in [-0.3, -0.25) is 0 Å². The fraction of sp³-hybridized carbons (Fsp3) is 0.381. The number of rotatable bonds is 8. The van der Waals surface area contributed by atoms with Crippen LogP contribution in [-0.4, -0.2) is 25.7 Å². The van der Waals surface area contributed by atoms with Crippen LogP contribution in [0, 0.1) is 0 Å². The lowest BCUT2D eigenvalue weighted by atomic mass is 10.1. The largest absolute Gasteiger partial charge is 0.492 e. The zero-order chi connectivity index (χ0) is 17.3. The molecule has 0 spiro atoms. The molecular formula is C21H26N2O2. The molecule has 0 heterocycles. The number of amides is 2. The maximum absolute atomic E-state index is 11.7. The van der Waals surface area contributed by atoms with Crippen molar-refractivity contribution in [2.24, 2.45) is 0 Å². The molecule has 0 saturated carbocycles. The molecule has 0 fully saturated rings. The highest BCUT2D eigenvalue weighted by molar-refractivity contribution is 5.73. The Hall–Kier alpha value is -2.49. The van der Waals surface area contributed by atoms with Crippen molar-refractivity contribution in [3.05, 3.63) is 65.2 Å². The Balaban J connectivity index is 1.25. The van der Waals surface area contributed by atoms with Gasteiger partial charge in [-0.15, -0.1) is 0 Å². The molecule has 4 heteroatoms. The first-order valence-electron chi connectivity index (χ1n) is 9.11. The number of fused-ring (bicyclic) bond motifs is 1. The lowest BCUT2D eigenvalue weighted by molar-refractivity contribution is 0.236. The lowest BCUT2D eigenvalue weighted by Crippen LogP contribution is -2.38. The Bertz CT molecular complexity index is 686. The van der Waals surface area contributed by atoms with E-state index in [4.69, 9.17) is 4.74 Å². The number of benzene rings is 2. The number of aryl methyl sites for hydroxylation is 3. The highest BCUT2D eigenvalue weighted by Crippen LogP contribution is 2.25. The maximum Gasteiger partial charge on any atom is 0.314 e. The Kier molecular flexibility index (Phi) is 6.32. The number of ether oxygens (including phenoxy) is 1. The SMILES string of the molecule is O=C(NCCCc1ccccc1)NCCOc1ccc2c(c1)CCC2. The van der Waals surface area contributed by atoms with Crippen molar-refractivity contribution in [3.8, 4) is 5.75 Å². The van der Waals surface area contributed by atoms with Gasteiger partial charge in [-0.25, -0.2) is 4.79 Å². The summed E-state index contributed by atoms with van der Waals surface area (Å²) in [6.07, 6.45) is 5.48. The molecule has 0 aromatic heterocycles. The number of carbonyl (C=O) groups is 1. The van der Waals surface area contributed by atoms with Crippen LogP contribution in [-0.2, 0) is 19.3 Å². The first-order chi connectivity index (χ1) is 12.3. The van der Waals surface area contributed by atoms with Gasteiger partial charge in [0.05, 0.1) is 6.54 Å². The highest BCUT2D eigenvalue weighted by Gasteiger charge is 2.11. The van der Waals surface area contributed by atoms with Crippen molar-refractivity contribution in [2.75, 3.05) is 19.7 Å². The predicted octanol–water partition coefficient (Wildman–Crippen LogP) is 3.49. The number of hydrogen-bond donors (Lipinski definition) is 2. The summed E-state index contributed by atoms with van der Waals surface area (Å²) in [5, 5.41) is 5.71. The van der Waals surface area contributed by atoms with Gasteiger partial charge in [0, 0.05) is 6.54 Å². The Morgan fingerprint density at radius 1 is 0.960 bits per heavy atom. The molecule has 0 bridgehead atoms. The van der Waals surface area contributed by atoms with Crippen molar-refractivity contribution in [1.29, 1.82) is 0 Å². The molecule has 0 aliphatic heterocycles. The van der Waals surface area contributed by atoms with E-state index in [1.54, 1.807) is 0 Å². The van der Waals surface area contributed by atoms with E-state index in [2.05, 4.69) is 34.9 Å². The topological polar surface area (TPSA) is 50.4 Å². The summed E-state index contributed by atoms with van der Waals surface area (Å²) in [6, 6.07) is 16.5. The van der Waals surface area contributed by atoms with Gasteiger partial charge in [0.1, 0.15) is 12.4 Å². The van der Waals surface area contributed by atoms with Gasteiger partial charge < -0.3 is 15.4 Å². The first kappa shape index (κ1) is 17.3. The van der Waals surface area contributed by atoms with E-state index in [9.17, 15) is 4.79 Å². The normalized spacial score (nSPS) is 12.5. The average Bonchev–Trinajstić information content (AvgIpc) is 3.11. The summed E-state index contributed by atoms with van der Waals surface area (Å²) < 4.78 is 5.72. The Morgan fingerprint density at radius 2 is 1.76 bits per heavy atom. The third-order valence-corrected chi connectivity index (χ3v) is 4.50. The van der Waals surface area contributed by atoms with Crippen LogP contribution < -0.4 is 15.4 Å². The molecule has 2 amide bonds. The molecule has 2 aromatic carbocycles. The van der Waals surface area contributed by atoms with Crippen LogP contribution in [0.2, 0.25) is 0 Å². The number of nitrogens with one attached hydrogen (secondary N) is 2. The minimum absolute atomic E-state index is 0.134. The minimum atomic E-state index is -0.134. The van der Waals surface area contributed by atoms with Crippen LogP contribution in [0.5, 0.6) is 5.75 Å². The quantitative estimate of drug-likeness (QED) is 0.724. The predicted molar refractivity (Wildman–Crippen MR) is 100 cm³/mol. The highest BCUT2D eigenvalue weighted by atomic mass is 16.5. The smallest absolute Gasteiger partial charge is 0.314 e. The summed E-state index contributed by atoms with van der Waals surface area (Å²) in [5.74, 6) is 0.894. The van der Waals surface area contributed by atoms with Crippen molar-refractivity contribution in [1.82, 2.24) is 10.6 Å². The second-order valence-electron chi connectivity index (χ2n) is 6.40. The van der Waals surface area contributed by atoms with Gasteiger partial charge in [-0.1, -0.05) is 36.4 Å².